The lowest BCUT2D eigenvalue weighted by atomic mass is 10.3. The highest BCUT2D eigenvalue weighted by atomic mass is 32.1. The van der Waals surface area contributed by atoms with Gasteiger partial charge in [0, 0.05) is 22.5 Å². The van der Waals surface area contributed by atoms with Gasteiger partial charge >= 0.3 is 0 Å². The molecule has 3 rings (SSSR count). The predicted molar refractivity (Wildman–Crippen MR) is 78.3 cm³/mol. The fourth-order valence-electron chi connectivity index (χ4n) is 2.10. The Hall–Kier alpha value is -2.35. The molecule has 0 atom stereocenters. The SMILES string of the molecule is Cc1csc(CNC(=O)c2nnc3nc(C)cc(C)n23)n1. The minimum atomic E-state index is -0.288. The fourth-order valence-corrected chi connectivity index (χ4v) is 2.81. The molecule has 3 aromatic heterocycles. The van der Waals surface area contributed by atoms with Crippen molar-refractivity contribution in [1.29, 1.82) is 0 Å². The molecule has 1 amide bonds. The lowest BCUT2D eigenvalue weighted by Gasteiger charge is -2.04. The van der Waals surface area contributed by atoms with Crippen molar-refractivity contribution in [3.05, 3.63) is 39.4 Å². The second-order valence-corrected chi connectivity index (χ2v) is 5.71. The number of hydrogen-bond donors (Lipinski definition) is 1. The van der Waals surface area contributed by atoms with Crippen LogP contribution < -0.4 is 5.32 Å². The van der Waals surface area contributed by atoms with Gasteiger partial charge in [0.2, 0.25) is 5.82 Å². The summed E-state index contributed by atoms with van der Waals surface area (Å²) in [5, 5.41) is 13.5. The molecule has 1 N–H and O–H groups in total. The first-order valence-electron chi connectivity index (χ1n) is 6.43. The highest BCUT2D eigenvalue weighted by Crippen LogP contribution is 2.10. The van der Waals surface area contributed by atoms with Crippen LogP contribution in [0.3, 0.4) is 0 Å². The lowest BCUT2D eigenvalue weighted by molar-refractivity contribution is 0.0939. The van der Waals surface area contributed by atoms with E-state index in [9.17, 15) is 4.79 Å². The summed E-state index contributed by atoms with van der Waals surface area (Å²) >= 11 is 1.52. The normalized spacial score (nSPS) is 11.0. The van der Waals surface area contributed by atoms with Gasteiger partial charge < -0.3 is 5.32 Å². The van der Waals surface area contributed by atoms with Crippen LogP contribution in [0.5, 0.6) is 0 Å². The quantitative estimate of drug-likeness (QED) is 0.791. The smallest absolute Gasteiger partial charge is 0.290 e. The van der Waals surface area contributed by atoms with Gasteiger partial charge in [-0.25, -0.2) is 9.97 Å². The molecule has 0 spiro atoms. The van der Waals surface area contributed by atoms with Gasteiger partial charge in [-0.3, -0.25) is 9.20 Å². The van der Waals surface area contributed by atoms with E-state index in [1.807, 2.05) is 32.2 Å². The molecular weight excluding hydrogens is 288 g/mol. The number of aryl methyl sites for hydroxylation is 3. The van der Waals surface area contributed by atoms with E-state index in [1.54, 1.807) is 4.40 Å². The van der Waals surface area contributed by atoms with Gasteiger partial charge in [-0.2, -0.15) is 0 Å². The number of fused-ring (bicyclic) bond motifs is 1. The van der Waals surface area contributed by atoms with Gasteiger partial charge in [-0.15, -0.1) is 21.5 Å². The first-order valence-corrected chi connectivity index (χ1v) is 7.31. The average Bonchev–Trinajstić information content (AvgIpc) is 3.02. The zero-order valence-corrected chi connectivity index (χ0v) is 12.7. The number of nitrogens with zero attached hydrogens (tertiary/aromatic N) is 5. The maximum Gasteiger partial charge on any atom is 0.290 e. The monoisotopic (exact) mass is 302 g/mol. The van der Waals surface area contributed by atoms with Gasteiger partial charge in [0.1, 0.15) is 5.01 Å². The molecule has 0 aliphatic heterocycles. The summed E-state index contributed by atoms with van der Waals surface area (Å²) in [5.74, 6) is 0.384. The number of thiazole rings is 1. The van der Waals surface area contributed by atoms with Crippen LogP contribution in [0, 0.1) is 20.8 Å². The summed E-state index contributed by atoms with van der Waals surface area (Å²) in [6.45, 7) is 6.08. The number of nitrogens with one attached hydrogen (secondary N) is 1. The third kappa shape index (κ3) is 2.62. The van der Waals surface area contributed by atoms with Crippen LogP contribution in [0.4, 0.5) is 0 Å². The Bertz CT molecular complexity index is 821. The van der Waals surface area contributed by atoms with Crippen LogP contribution in [-0.2, 0) is 6.54 Å². The molecular formula is C13H14N6OS. The van der Waals surface area contributed by atoms with Crippen molar-refractivity contribution in [1.82, 2.24) is 29.9 Å². The van der Waals surface area contributed by atoms with Gasteiger partial charge in [-0.05, 0) is 26.8 Å². The Morgan fingerprint density at radius 1 is 1.24 bits per heavy atom. The number of carbonyl (C=O) groups is 1. The number of amides is 1. The Morgan fingerprint density at radius 3 is 2.76 bits per heavy atom. The predicted octanol–water partition coefficient (Wildman–Crippen LogP) is 1.44. The van der Waals surface area contributed by atoms with E-state index in [-0.39, 0.29) is 11.7 Å². The van der Waals surface area contributed by atoms with E-state index < -0.39 is 0 Å². The Labute approximate surface area is 125 Å². The van der Waals surface area contributed by atoms with Gasteiger partial charge in [0.25, 0.3) is 11.7 Å². The molecule has 0 aliphatic carbocycles. The molecule has 0 fully saturated rings. The Morgan fingerprint density at radius 2 is 2.05 bits per heavy atom. The van der Waals surface area contributed by atoms with Crippen molar-refractivity contribution in [2.24, 2.45) is 0 Å². The Kier molecular flexibility index (Phi) is 3.38. The molecule has 3 heterocycles. The summed E-state index contributed by atoms with van der Waals surface area (Å²) in [7, 11) is 0. The van der Waals surface area contributed by atoms with E-state index in [4.69, 9.17) is 0 Å². The van der Waals surface area contributed by atoms with Gasteiger partial charge in [-0.1, -0.05) is 0 Å². The number of aromatic nitrogens is 5. The van der Waals surface area contributed by atoms with E-state index in [0.717, 1.165) is 22.1 Å². The summed E-state index contributed by atoms with van der Waals surface area (Å²) in [5.41, 5.74) is 2.67. The topological polar surface area (TPSA) is 85.1 Å². The first-order chi connectivity index (χ1) is 10.0. The molecule has 108 valence electrons. The highest BCUT2D eigenvalue weighted by molar-refractivity contribution is 7.09. The summed E-state index contributed by atoms with van der Waals surface area (Å²) in [6, 6.07) is 1.89. The number of carbonyl (C=O) groups excluding carboxylic acids is 1. The third-order valence-electron chi connectivity index (χ3n) is 2.96. The molecule has 8 heteroatoms. The Balaban J connectivity index is 1.85. The zero-order valence-electron chi connectivity index (χ0n) is 11.9. The number of hydrogen-bond acceptors (Lipinski definition) is 6. The molecule has 21 heavy (non-hydrogen) atoms. The fraction of sp³-hybridized carbons (Fsp3) is 0.308. The van der Waals surface area contributed by atoms with Crippen molar-refractivity contribution >= 4 is 23.0 Å². The standard InChI is InChI=1S/C13H14N6OS/c1-7-4-9(3)19-11(17-18-13(19)16-7)12(20)14-5-10-15-8(2)6-21-10/h4,6H,5H2,1-3H3,(H,14,20). The van der Waals surface area contributed by atoms with Crippen LogP contribution >= 0.6 is 11.3 Å². The molecule has 0 saturated heterocycles. The van der Waals surface area contributed by atoms with Gasteiger partial charge in [0.15, 0.2) is 0 Å². The molecule has 0 aromatic carbocycles. The zero-order chi connectivity index (χ0) is 15.0. The largest absolute Gasteiger partial charge is 0.343 e. The van der Waals surface area contributed by atoms with Crippen molar-refractivity contribution in [2.45, 2.75) is 27.3 Å². The van der Waals surface area contributed by atoms with E-state index in [1.165, 1.54) is 11.3 Å². The van der Waals surface area contributed by atoms with Crippen molar-refractivity contribution in [3.63, 3.8) is 0 Å². The third-order valence-corrected chi connectivity index (χ3v) is 3.93. The van der Waals surface area contributed by atoms with Crippen molar-refractivity contribution in [2.75, 3.05) is 0 Å². The van der Waals surface area contributed by atoms with Gasteiger partial charge in [0.05, 0.1) is 6.54 Å². The molecule has 3 aromatic rings. The van der Waals surface area contributed by atoms with Crippen LogP contribution in [0.1, 0.15) is 32.7 Å². The second kappa shape index (κ2) is 5.21. The molecule has 0 bridgehead atoms. The van der Waals surface area contributed by atoms with Crippen molar-refractivity contribution < 1.29 is 4.79 Å². The van der Waals surface area contributed by atoms with Crippen LogP contribution in [0.2, 0.25) is 0 Å². The summed E-state index contributed by atoms with van der Waals surface area (Å²) in [6.07, 6.45) is 0. The van der Waals surface area contributed by atoms with E-state index in [0.29, 0.717) is 12.3 Å². The average molecular weight is 302 g/mol. The minimum absolute atomic E-state index is 0.239. The van der Waals surface area contributed by atoms with E-state index in [2.05, 4.69) is 25.5 Å². The highest BCUT2D eigenvalue weighted by Gasteiger charge is 2.17. The molecule has 0 unspecified atom stereocenters. The maximum atomic E-state index is 12.3. The summed E-state index contributed by atoms with van der Waals surface area (Å²) < 4.78 is 1.65. The van der Waals surface area contributed by atoms with Crippen LogP contribution in [0.15, 0.2) is 11.4 Å². The molecule has 7 nitrogen and oxygen atoms in total. The first kappa shape index (κ1) is 13.6. The maximum absolute atomic E-state index is 12.3. The molecule has 0 radical (unpaired) electrons. The second-order valence-electron chi connectivity index (χ2n) is 4.76. The van der Waals surface area contributed by atoms with Crippen LogP contribution in [0.25, 0.3) is 5.78 Å². The summed E-state index contributed by atoms with van der Waals surface area (Å²) in [4.78, 5) is 20.8. The van der Waals surface area contributed by atoms with Crippen molar-refractivity contribution in [3.8, 4) is 0 Å². The lowest BCUT2D eigenvalue weighted by Crippen LogP contribution is -2.25. The van der Waals surface area contributed by atoms with Crippen LogP contribution in [-0.4, -0.2) is 30.5 Å². The number of rotatable bonds is 3. The molecule has 0 aliphatic rings. The minimum Gasteiger partial charge on any atom is -0.343 e. The molecule has 0 saturated carbocycles. The van der Waals surface area contributed by atoms with E-state index >= 15 is 0 Å².